The van der Waals surface area contributed by atoms with E-state index in [1.807, 2.05) is 60.0 Å². The second kappa shape index (κ2) is 8.30. The van der Waals surface area contributed by atoms with Crippen LogP contribution in [0.25, 0.3) is 11.3 Å². The summed E-state index contributed by atoms with van der Waals surface area (Å²) < 4.78 is 5.57. The van der Waals surface area contributed by atoms with Crippen molar-refractivity contribution in [2.24, 2.45) is 0 Å². The second-order valence-corrected chi connectivity index (χ2v) is 6.36. The van der Waals surface area contributed by atoms with Gasteiger partial charge in [0, 0.05) is 17.5 Å². The van der Waals surface area contributed by atoms with Crippen LogP contribution in [0.5, 0.6) is 5.75 Å². The standard InChI is InChI=1S/C19H19N3O2S/c20-19-22-17(13-25-19)15-7-4-8-16(11-15)24-12-18(23)21-10-9-14-5-2-1-3-6-14/h1-8,11,13H,9-10,12H2,(H2,20,22)(H,21,23). The summed E-state index contributed by atoms with van der Waals surface area (Å²) in [6, 6.07) is 17.5. The van der Waals surface area contributed by atoms with Crippen LogP contribution in [0.1, 0.15) is 5.56 Å². The van der Waals surface area contributed by atoms with Gasteiger partial charge in [-0.25, -0.2) is 4.98 Å². The van der Waals surface area contributed by atoms with Crippen LogP contribution in [0.2, 0.25) is 0 Å². The van der Waals surface area contributed by atoms with E-state index in [-0.39, 0.29) is 12.5 Å². The third kappa shape index (κ3) is 5.06. The quantitative estimate of drug-likeness (QED) is 0.684. The molecule has 0 saturated heterocycles. The maximum absolute atomic E-state index is 11.9. The average molecular weight is 353 g/mol. The van der Waals surface area contributed by atoms with Crippen molar-refractivity contribution in [3.05, 3.63) is 65.5 Å². The maximum atomic E-state index is 11.9. The minimum atomic E-state index is -0.140. The number of carbonyl (C=O) groups excluding carboxylic acids is 1. The molecular weight excluding hydrogens is 334 g/mol. The Morgan fingerprint density at radius 2 is 2.00 bits per heavy atom. The van der Waals surface area contributed by atoms with E-state index in [1.165, 1.54) is 16.9 Å². The third-order valence-electron chi connectivity index (χ3n) is 3.60. The smallest absolute Gasteiger partial charge is 0.257 e. The number of carbonyl (C=O) groups is 1. The summed E-state index contributed by atoms with van der Waals surface area (Å²) in [5, 5.41) is 5.28. The van der Waals surface area contributed by atoms with Gasteiger partial charge in [0.05, 0.1) is 5.69 Å². The van der Waals surface area contributed by atoms with E-state index in [1.54, 1.807) is 0 Å². The van der Waals surface area contributed by atoms with E-state index in [9.17, 15) is 4.79 Å². The number of nitrogen functional groups attached to an aromatic ring is 1. The van der Waals surface area contributed by atoms with E-state index >= 15 is 0 Å². The topological polar surface area (TPSA) is 77.2 Å². The lowest BCUT2D eigenvalue weighted by Crippen LogP contribution is -2.30. The molecule has 0 radical (unpaired) electrons. The van der Waals surface area contributed by atoms with Crippen LogP contribution in [0.4, 0.5) is 5.13 Å². The third-order valence-corrected chi connectivity index (χ3v) is 4.27. The van der Waals surface area contributed by atoms with Crippen LogP contribution in [0.15, 0.2) is 60.0 Å². The molecule has 0 spiro atoms. The maximum Gasteiger partial charge on any atom is 0.257 e. The summed E-state index contributed by atoms with van der Waals surface area (Å²) in [6.07, 6.45) is 0.799. The Kier molecular flexibility index (Phi) is 5.64. The van der Waals surface area contributed by atoms with Gasteiger partial charge in [0.2, 0.25) is 0 Å². The Morgan fingerprint density at radius 3 is 2.76 bits per heavy atom. The number of aromatic nitrogens is 1. The molecule has 0 saturated carbocycles. The molecule has 128 valence electrons. The van der Waals surface area contributed by atoms with Crippen LogP contribution in [-0.2, 0) is 11.2 Å². The molecule has 0 atom stereocenters. The van der Waals surface area contributed by atoms with Crippen LogP contribution in [0, 0.1) is 0 Å². The number of rotatable bonds is 7. The van der Waals surface area contributed by atoms with Gasteiger partial charge in [0.1, 0.15) is 5.75 Å². The summed E-state index contributed by atoms with van der Waals surface area (Å²) in [7, 11) is 0. The molecule has 0 fully saturated rings. The van der Waals surface area contributed by atoms with Gasteiger partial charge in [-0.15, -0.1) is 11.3 Å². The Balaban J connectivity index is 1.47. The zero-order chi connectivity index (χ0) is 17.5. The first-order chi connectivity index (χ1) is 12.2. The number of hydrogen-bond acceptors (Lipinski definition) is 5. The normalized spacial score (nSPS) is 10.4. The highest BCUT2D eigenvalue weighted by Crippen LogP contribution is 2.26. The Bertz CT molecular complexity index is 833. The highest BCUT2D eigenvalue weighted by atomic mass is 32.1. The van der Waals surface area contributed by atoms with Crippen molar-refractivity contribution < 1.29 is 9.53 Å². The number of nitrogens with zero attached hydrogens (tertiary/aromatic N) is 1. The van der Waals surface area contributed by atoms with E-state index < -0.39 is 0 Å². The summed E-state index contributed by atoms with van der Waals surface area (Å²) in [6.45, 7) is 0.571. The first-order valence-corrected chi connectivity index (χ1v) is 8.83. The van der Waals surface area contributed by atoms with E-state index in [0.717, 1.165) is 17.7 Å². The van der Waals surface area contributed by atoms with Gasteiger partial charge in [0.25, 0.3) is 5.91 Å². The van der Waals surface area contributed by atoms with Crippen molar-refractivity contribution in [1.29, 1.82) is 0 Å². The molecule has 0 unspecified atom stereocenters. The highest BCUT2D eigenvalue weighted by Gasteiger charge is 2.06. The molecule has 0 aliphatic carbocycles. The van der Waals surface area contributed by atoms with Crippen molar-refractivity contribution in [2.75, 3.05) is 18.9 Å². The first-order valence-electron chi connectivity index (χ1n) is 7.95. The molecule has 0 aliphatic heterocycles. The van der Waals surface area contributed by atoms with Crippen molar-refractivity contribution >= 4 is 22.4 Å². The summed E-state index contributed by atoms with van der Waals surface area (Å²) in [4.78, 5) is 16.1. The predicted octanol–water partition coefficient (Wildman–Crippen LogP) is 3.13. The minimum absolute atomic E-state index is 0.0164. The fourth-order valence-corrected chi connectivity index (χ4v) is 2.93. The number of thiazole rings is 1. The Labute approximate surface area is 150 Å². The fraction of sp³-hybridized carbons (Fsp3) is 0.158. The minimum Gasteiger partial charge on any atom is -0.484 e. The number of amides is 1. The molecule has 3 aromatic rings. The van der Waals surface area contributed by atoms with E-state index in [2.05, 4.69) is 10.3 Å². The molecule has 6 heteroatoms. The SMILES string of the molecule is Nc1nc(-c2cccc(OCC(=O)NCCc3ccccc3)c2)cs1. The van der Waals surface area contributed by atoms with Crippen molar-refractivity contribution in [2.45, 2.75) is 6.42 Å². The van der Waals surface area contributed by atoms with Gasteiger partial charge in [-0.1, -0.05) is 42.5 Å². The number of nitrogens with one attached hydrogen (secondary N) is 1. The zero-order valence-corrected chi connectivity index (χ0v) is 14.5. The number of benzene rings is 2. The van der Waals surface area contributed by atoms with Gasteiger partial charge in [-0.3, -0.25) is 4.79 Å². The Hall–Kier alpha value is -2.86. The van der Waals surface area contributed by atoms with E-state index in [0.29, 0.717) is 17.4 Å². The predicted molar refractivity (Wildman–Crippen MR) is 101 cm³/mol. The van der Waals surface area contributed by atoms with Crippen molar-refractivity contribution in [1.82, 2.24) is 10.3 Å². The molecule has 2 aromatic carbocycles. The van der Waals surface area contributed by atoms with Gasteiger partial charge >= 0.3 is 0 Å². The number of hydrogen-bond donors (Lipinski definition) is 2. The van der Waals surface area contributed by atoms with Gasteiger partial charge in [-0.2, -0.15) is 0 Å². The molecule has 3 rings (SSSR count). The van der Waals surface area contributed by atoms with E-state index in [4.69, 9.17) is 10.5 Å². The number of nitrogens with two attached hydrogens (primary N) is 1. The van der Waals surface area contributed by atoms with Gasteiger partial charge < -0.3 is 15.8 Å². The molecule has 1 amide bonds. The molecule has 1 aromatic heterocycles. The summed E-state index contributed by atoms with van der Waals surface area (Å²) >= 11 is 1.39. The van der Waals surface area contributed by atoms with Crippen LogP contribution < -0.4 is 15.8 Å². The largest absolute Gasteiger partial charge is 0.484 e. The van der Waals surface area contributed by atoms with Crippen LogP contribution in [0.3, 0.4) is 0 Å². The Morgan fingerprint density at radius 1 is 1.16 bits per heavy atom. The molecule has 5 nitrogen and oxygen atoms in total. The van der Waals surface area contributed by atoms with Gasteiger partial charge in [0.15, 0.2) is 11.7 Å². The lowest BCUT2D eigenvalue weighted by atomic mass is 10.1. The lowest BCUT2D eigenvalue weighted by Gasteiger charge is -2.08. The average Bonchev–Trinajstić information content (AvgIpc) is 3.08. The summed E-state index contributed by atoms with van der Waals surface area (Å²) in [5.41, 5.74) is 8.58. The molecule has 1 heterocycles. The van der Waals surface area contributed by atoms with Crippen molar-refractivity contribution in [3.8, 4) is 17.0 Å². The fourth-order valence-electron chi connectivity index (χ4n) is 2.36. The second-order valence-electron chi connectivity index (χ2n) is 5.47. The van der Waals surface area contributed by atoms with Crippen molar-refractivity contribution in [3.63, 3.8) is 0 Å². The molecular formula is C19H19N3O2S. The lowest BCUT2D eigenvalue weighted by molar-refractivity contribution is -0.123. The highest BCUT2D eigenvalue weighted by molar-refractivity contribution is 7.13. The van der Waals surface area contributed by atoms with Crippen LogP contribution in [-0.4, -0.2) is 24.0 Å². The number of anilines is 1. The first kappa shape index (κ1) is 17.0. The van der Waals surface area contributed by atoms with Crippen LogP contribution >= 0.6 is 11.3 Å². The van der Waals surface area contributed by atoms with Gasteiger partial charge in [-0.05, 0) is 24.1 Å². The number of ether oxygens (including phenoxy) is 1. The molecule has 0 bridgehead atoms. The molecule has 25 heavy (non-hydrogen) atoms. The molecule has 3 N–H and O–H groups in total. The zero-order valence-electron chi connectivity index (χ0n) is 13.6. The molecule has 0 aliphatic rings. The summed E-state index contributed by atoms with van der Waals surface area (Å²) in [5.74, 6) is 0.488. The monoisotopic (exact) mass is 353 g/mol.